The number of aromatic nitrogens is 2. The largest absolute Gasteiger partial charge is 0.290 e. The van der Waals surface area contributed by atoms with E-state index in [4.69, 9.17) is 0 Å². The Morgan fingerprint density at radius 3 is 2.03 bits per heavy atom. The molecule has 0 spiro atoms. The van der Waals surface area contributed by atoms with Crippen molar-refractivity contribution in [2.75, 3.05) is 26.2 Å². The van der Waals surface area contributed by atoms with E-state index in [1.165, 1.54) is 11.1 Å². The number of halogens is 1. The highest BCUT2D eigenvalue weighted by Gasteiger charge is 2.35. The first kappa shape index (κ1) is 22.2. The molecule has 1 aromatic heterocycles. The van der Waals surface area contributed by atoms with Gasteiger partial charge in [-0.2, -0.15) is 9.40 Å². The molecule has 1 aliphatic rings. The Kier molecular flexibility index (Phi) is 6.35. The summed E-state index contributed by atoms with van der Waals surface area (Å²) in [5.74, 6) is 0. The summed E-state index contributed by atoms with van der Waals surface area (Å²) in [4.78, 5) is 2.71. The predicted molar refractivity (Wildman–Crippen MR) is 125 cm³/mol. The van der Waals surface area contributed by atoms with Crippen LogP contribution in [0, 0.1) is 13.8 Å². The minimum Gasteiger partial charge on any atom is -0.290 e. The minimum absolute atomic E-state index is 0.0843. The maximum absolute atomic E-state index is 13.3. The topological polar surface area (TPSA) is 58.4 Å². The van der Waals surface area contributed by atoms with E-state index in [-0.39, 0.29) is 6.04 Å². The van der Waals surface area contributed by atoms with Gasteiger partial charge in [-0.25, -0.2) is 8.42 Å². The normalized spacial score (nSPS) is 17.0. The van der Waals surface area contributed by atoms with Gasteiger partial charge in [-0.3, -0.25) is 9.58 Å². The summed E-state index contributed by atoms with van der Waals surface area (Å²) in [6, 6.07) is 18.9. The molecule has 0 N–H and O–H groups in total. The Labute approximate surface area is 192 Å². The van der Waals surface area contributed by atoms with Gasteiger partial charge < -0.3 is 0 Å². The van der Waals surface area contributed by atoms with Gasteiger partial charge in [0.05, 0.1) is 17.4 Å². The maximum Gasteiger partial charge on any atom is 0.246 e. The standard InChI is InChI=1S/C23H27BrN4O2S/c1-17-23(18(2)26(3)25-17)31(29,30)28-15-13-27(14-16-28)22(19-7-5-4-6-8-19)20-9-11-21(24)12-10-20/h4-12,22H,13-16H2,1-3H3. The van der Waals surface area contributed by atoms with Gasteiger partial charge >= 0.3 is 0 Å². The van der Waals surface area contributed by atoms with E-state index in [0.29, 0.717) is 42.5 Å². The maximum atomic E-state index is 13.3. The third-order valence-electron chi connectivity index (χ3n) is 5.98. The van der Waals surface area contributed by atoms with Crippen LogP contribution < -0.4 is 0 Å². The molecule has 2 aromatic carbocycles. The summed E-state index contributed by atoms with van der Waals surface area (Å²) in [6.07, 6.45) is 0. The van der Waals surface area contributed by atoms with Gasteiger partial charge in [-0.05, 0) is 37.1 Å². The van der Waals surface area contributed by atoms with Crippen molar-refractivity contribution in [1.29, 1.82) is 0 Å². The van der Waals surface area contributed by atoms with Crippen molar-refractivity contribution in [2.45, 2.75) is 24.8 Å². The third-order valence-corrected chi connectivity index (χ3v) is 8.66. The van der Waals surface area contributed by atoms with Crippen LogP contribution in [0.15, 0.2) is 64.0 Å². The van der Waals surface area contributed by atoms with Crippen LogP contribution in [0.2, 0.25) is 0 Å². The fraction of sp³-hybridized carbons (Fsp3) is 0.348. The number of hydrogen-bond acceptors (Lipinski definition) is 4. The molecular weight excluding hydrogens is 476 g/mol. The van der Waals surface area contributed by atoms with E-state index >= 15 is 0 Å². The summed E-state index contributed by atoms with van der Waals surface area (Å²) < 4.78 is 31.0. The molecule has 0 radical (unpaired) electrons. The summed E-state index contributed by atoms with van der Waals surface area (Å²) >= 11 is 3.52. The molecule has 2 heterocycles. The number of nitrogens with zero attached hydrogens (tertiary/aromatic N) is 4. The highest BCUT2D eigenvalue weighted by Crippen LogP contribution is 2.32. The number of piperazine rings is 1. The van der Waals surface area contributed by atoms with Crippen LogP contribution >= 0.6 is 15.9 Å². The van der Waals surface area contributed by atoms with Crippen LogP contribution in [0.1, 0.15) is 28.6 Å². The lowest BCUT2D eigenvalue weighted by Gasteiger charge is -2.39. The van der Waals surface area contributed by atoms with Crippen LogP contribution in [0.25, 0.3) is 0 Å². The number of aryl methyl sites for hydroxylation is 2. The zero-order valence-electron chi connectivity index (χ0n) is 18.0. The first-order valence-electron chi connectivity index (χ1n) is 10.3. The van der Waals surface area contributed by atoms with Crippen LogP contribution in [-0.4, -0.2) is 53.6 Å². The predicted octanol–water partition coefficient (Wildman–Crippen LogP) is 3.90. The summed E-state index contributed by atoms with van der Waals surface area (Å²) in [7, 11) is -1.79. The van der Waals surface area contributed by atoms with E-state index in [1.807, 2.05) is 13.0 Å². The first-order valence-corrected chi connectivity index (χ1v) is 12.6. The molecular formula is C23H27BrN4O2S. The Morgan fingerprint density at radius 1 is 0.903 bits per heavy atom. The molecule has 3 aromatic rings. The molecule has 1 unspecified atom stereocenters. The van der Waals surface area contributed by atoms with Crippen LogP contribution in [0.4, 0.5) is 0 Å². The fourth-order valence-electron chi connectivity index (χ4n) is 4.35. The van der Waals surface area contributed by atoms with E-state index in [9.17, 15) is 8.42 Å². The molecule has 0 amide bonds. The van der Waals surface area contributed by atoms with Crippen molar-refractivity contribution in [3.05, 3.63) is 81.6 Å². The van der Waals surface area contributed by atoms with Crippen molar-refractivity contribution in [3.8, 4) is 0 Å². The van der Waals surface area contributed by atoms with E-state index in [0.717, 1.165) is 4.47 Å². The Hall–Kier alpha value is -2.00. The second-order valence-electron chi connectivity index (χ2n) is 7.93. The number of benzene rings is 2. The molecule has 31 heavy (non-hydrogen) atoms. The van der Waals surface area contributed by atoms with Gasteiger partial charge in [-0.1, -0.05) is 58.4 Å². The SMILES string of the molecule is Cc1nn(C)c(C)c1S(=O)(=O)N1CCN(C(c2ccccc2)c2ccc(Br)cc2)CC1. The average molecular weight is 503 g/mol. The second-order valence-corrected chi connectivity index (χ2v) is 10.7. The highest BCUT2D eigenvalue weighted by atomic mass is 79.9. The first-order chi connectivity index (χ1) is 14.8. The van der Waals surface area contributed by atoms with Crippen molar-refractivity contribution in [2.24, 2.45) is 7.05 Å². The minimum atomic E-state index is -3.57. The number of sulfonamides is 1. The lowest BCUT2D eigenvalue weighted by Crippen LogP contribution is -2.49. The molecule has 0 bridgehead atoms. The zero-order valence-corrected chi connectivity index (χ0v) is 20.4. The van der Waals surface area contributed by atoms with Crippen molar-refractivity contribution in [1.82, 2.24) is 19.0 Å². The molecule has 6 nitrogen and oxygen atoms in total. The fourth-order valence-corrected chi connectivity index (χ4v) is 6.44. The third kappa shape index (κ3) is 4.35. The molecule has 4 rings (SSSR count). The Bertz CT molecular complexity index is 1150. The van der Waals surface area contributed by atoms with Gasteiger partial charge in [-0.15, -0.1) is 0 Å². The van der Waals surface area contributed by atoms with E-state index < -0.39 is 10.0 Å². The summed E-state index contributed by atoms with van der Waals surface area (Å²) in [5.41, 5.74) is 3.64. The van der Waals surface area contributed by atoms with Crippen LogP contribution in [0.5, 0.6) is 0 Å². The Morgan fingerprint density at radius 2 is 1.48 bits per heavy atom. The second kappa shape index (κ2) is 8.86. The highest BCUT2D eigenvalue weighted by molar-refractivity contribution is 9.10. The van der Waals surface area contributed by atoms with Crippen molar-refractivity contribution in [3.63, 3.8) is 0 Å². The molecule has 164 valence electrons. The van der Waals surface area contributed by atoms with Gasteiger partial charge in [0.2, 0.25) is 10.0 Å². The molecule has 1 atom stereocenters. The lowest BCUT2D eigenvalue weighted by molar-refractivity contribution is 0.155. The lowest BCUT2D eigenvalue weighted by atomic mass is 9.96. The molecule has 1 fully saturated rings. The Balaban J connectivity index is 1.59. The molecule has 8 heteroatoms. The van der Waals surface area contributed by atoms with Crippen LogP contribution in [-0.2, 0) is 17.1 Å². The monoisotopic (exact) mass is 502 g/mol. The van der Waals surface area contributed by atoms with Gasteiger partial charge in [0.1, 0.15) is 4.90 Å². The van der Waals surface area contributed by atoms with Crippen molar-refractivity contribution < 1.29 is 8.42 Å². The van der Waals surface area contributed by atoms with Crippen LogP contribution in [0.3, 0.4) is 0 Å². The quantitative estimate of drug-likeness (QED) is 0.530. The van der Waals surface area contributed by atoms with Gasteiger partial charge in [0, 0.05) is 37.7 Å². The summed E-state index contributed by atoms with van der Waals surface area (Å²) in [6.45, 7) is 5.80. The molecule has 0 saturated carbocycles. The van der Waals surface area contributed by atoms with Gasteiger partial charge in [0.15, 0.2) is 0 Å². The van der Waals surface area contributed by atoms with Crippen molar-refractivity contribution >= 4 is 26.0 Å². The molecule has 1 saturated heterocycles. The number of rotatable bonds is 5. The number of hydrogen-bond donors (Lipinski definition) is 0. The zero-order chi connectivity index (χ0) is 22.2. The van der Waals surface area contributed by atoms with Gasteiger partial charge in [0.25, 0.3) is 0 Å². The smallest absolute Gasteiger partial charge is 0.246 e. The molecule has 1 aliphatic heterocycles. The van der Waals surface area contributed by atoms with E-state index in [2.05, 4.69) is 74.5 Å². The van der Waals surface area contributed by atoms with E-state index in [1.54, 1.807) is 23.0 Å². The summed E-state index contributed by atoms with van der Waals surface area (Å²) in [5, 5.41) is 4.30. The molecule has 0 aliphatic carbocycles. The average Bonchev–Trinajstić information content (AvgIpc) is 3.02.